The van der Waals surface area contributed by atoms with Crippen molar-refractivity contribution in [3.63, 3.8) is 0 Å². The average Bonchev–Trinajstić information content (AvgIpc) is 3.03. The molecule has 5 rings (SSSR count). The molecule has 0 bridgehead atoms. The standard InChI is InChI=1S/C32H27F3N4O6/c1-17-28(30(40)21(16-39(17)12-10-33)20-7-5-18(34)13-26(20)42-2)31(41)37-19-6-8-24(22(35)14-19)45-25-9-11-36-23-15-27(43-3)32(44-4)38-29(23)25/h5-9,11,13-16H,10,12H2,1-4H3,(H,37,41). The molecule has 0 atom stereocenters. The van der Waals surface area contributed by atoms with Gasteiger partial charge in [0.25, 0.3) is 11.8 Å². The van der Waals surface area contributed by atoms with Crippen LogP contribution in [0.4, 0.5) is 18.9 Å². The van der Waals surface area contributed by atoms with E-state index >= 15 is 4.39 Å². The molecule has 0 saturated heterocycles. The molecule has 10 nitrogen and oxygen atoms in total. The average molecular weight is 621 g/mol. The van der Waals surface area contributed by atoms with Gasteiger partial charge in [-0.05, 0) is 31.2 Å². The Morgan fingerprint density at radius 1 is 0.911 bits per heavy atom. The molecule has 1 amide bonds. The molecule has 0 aliphatic rings. The number of pyridine rings is 3. The smallest absolute Gasteiger partial charge is 0.261 e. The molecule has 13 heteroatoms. The number of nitrogens with zero attached hydrogens (tertiary/aromatic N) is 3. The van der Waals surface area contributed by atoms with Gasteiger partial charge in [-0.3, -0.25) is 14.6 Å². The van der Waals surface area contributed by atoms with Crippen molar-refractivity contribution in [2.45, 2.75) is 13.5 Å². The van der Waals surface area contributed by atoms with Crippen LogP contribution in [0.5, 0.6) is 28.9 Å². The van der Waals surface area contributed by atoms with E-state index in [1.165, 1.54) is 69.5 Å². The minimum Gasteiger partial charge on any atom is -0.496 e. The van der Waals surface area contributed by atoms with Crippen molar-refractivity contribution < 1.29 is 36.9 Å². The van der Waals surface area contributed by atoms with E-state index in [0.717, 1.165) is 18.2 Å². The molecule has 0 spiro atoms. The highest BCUT2D eigenvalue weighted by Gasteiger charge is 2.23. The number of nitrogens with one attached hydrogen (secondary N) is 1. The predicted octanol–water partition coefficient (Wildman–Crippen LogP) is 6.09. The summed E-state index contributed by atoms with van der Waals surface area (Å²) in [6.07, 6.45) is 2.85. The third kappa shape index (κ3) is 6.09. The van der Waals surface area contributed by atoms with Gasteiger partial charge in [-0.25, -0.2) is 18.2 Å². The number of aromatic nitrogens is 3. The van der Waals surface area contributed by atoms with Crippen LogP contribution in [-0.4, -0.2) is 48.4 Å². The van der Waals surface area contributed by atoms with Gasteiger partial charge in [0.2, 0.25) is 5.43 Å². The van der Waals surface area contributed by atoms with Crippen LogP contribution in [0.1, 0.15) is 16.1 Å². The van der Waals surface area contributed by atoms with Crippen LogP contribution in [0, 0.1) is 18.6 Å². The van der Waals surface area contributed by atoms with Crippen LogP contribution < -0.4 is 29.7 Å². The van der Waals surface area contributed by atoms with Gasteiger partial charge in [0, 0.05) is 59.2 Å². The Morgan fingerprint density at radius 2 is 1.69 bits per heavy atom. The van der Waals surface area contributed by atoms with Crippen LogP contribution in [0.2, 0.25) is 0 Å². The molecule has 2 aromatic carbocycles. The molecule has 0 unspecified atom stereocenters. The maximum atomic E-state index is 15.3. The number of fused-ring (bicyclic) bond motifs is 1. The van der Waals surface area contributed by atoms with E-state index in [9.17, 15) is 18.4 Å². The number of hydrogen-bond donors (Lipinski definition) is 1. The number of anilines is 1. The Bertz CT molecular complexity index is 1980. The molecule has 45 heavy (non-hydrogen) atoms. The molecule has 0 radical (unpaired) electrons. The SMILES string of the molecule is COc1cc(F)ccc1-c1cn(CCF)c(C)c(C(=O)Nc2ccc(Oc3ccnc4cc(OC)c(OC)nc34)c(F)c2)c1=O. The Balaban J connectivity index is 1.47. The fraction of sp³-hybridized carbons (Fsp3) is 0.188. The predicted molar refractivity (Wildman–Crippen MR) is 160 cm³/mol. The molecule has 3 heterocycles. The highest BCUT2D eigenvalue weighted by Crippen LogP contribution is 2.35. The second-order valence-corrected chi connectivity index (χ2v) is 9.64. The van der Waals surface area contributed by atoms with E-state index < -0.39 is 29.6 Å². The first-order chi connectivity index (χ1) is 21.7. The quantitative estimate of drug-likeness (QED) is 0.200. The van der Waals surface area contributed by atoms with Gasteiger partial charge in [0.05, 0.1) is 33.4 Å². The van der Waals surface area contributed by atoms with Crippen LogP contribution in [0.15, 0.2) is 65.7 Å². The topological polar surface area (TPSA) is 114 Å². The van der Waals surface area contributed by atoms with Crippen molar-refractivity contribution in [2.75, 3.05) is 33.3 Å². The minimum atomic E-state index is -0.855. The Morgan fingerprint density at radius 3 is 2.38 bits per heavy atom. The highest BCUT2D eigenvalue weighted by atomic mass is 19.1. The van der Waals surface area contributed by atoms with E-state index in [4.69, 9.17) is 18.9 Å². The van der Waals surface area contributed by atoms with Crippen molar-refractivity contribution in [3.8, 4) is 40.0 Å². The second-order valence-electron chi connectivity index (χ2n) is 9.64. The summed E-state index contributed by atoms with van der Waals surface area (Å²) in [4.78, 5) is 35.7. The van der Waals surface area contributed by atoms with Crippen LogP contribution in [0.3, 0.4) is 0 Å². The monoisotopic (exact) mass is 620 g/mol. The lowest BCUT2D eigenvalue weighted by molar-refractivity contribution is 0.102. The molecular formula is C32H27F3N4O6. The van der Waals surface area contributed by atoms with Gasteiger partial charge in [0.1, 0.15) is 29.3 Å². The molecule has 0 saturated carbocycles. The number of halogens is 3. The Hall–Kier alpha value is -5.59. The largest absolute Gasteiger partial charge is 0.496 e. The van der Waals surface area contributed by atoms with E-state index in [-0.39, 0.29) is 57.7 Å². The number of aryl methyl sites for hydroxylation is 1. The molecule has 0 aliphatic heterocycles. The summed E-state index contributed by atoms with van der Waals surface area (Å²) < 4.78 is 65.5. The molecule has 3 aromatic heterocycles. The highest BCUT2D eigenvalue weighted by molar-refractivity contribution is 6.05. The van der Waals surface area contributed by atoms with E-state index in [0.29, 0.717) is 16.8 Å². The fourth-order valence-corrected chi connectivity index (χ4v) is 4.78. The van der Waals surface area contributed by atoms with Crippen molar-refractivity contribution in [2.24, 2.45) is 0 Å². The van der Waals surface area contributed by atoms with Crippen molar-refractivity contribution >= 4 is 22.6 Å². The second kappa shape index (κ2) is 13.0. The first-order valence-electron chi connectivity index (χ1n) is 13.5. The molecule has 5 aromatic rings. The van der Waals surface area contributed by atoms with Gasteiger partial charge in [-0.15, -0.1) is 0 Å². The first kappa shape index (κ1) is 30.9. The summed E-state index contributed by atoms with van der Waals surface area (Å²) in [5.41, 5.74) is 0.138. The van der Waals surface area contributed by atoms with Crippen molar-refractivity contribution in [1.29, 1.82) is 0 Å². The Labute approximate surface area is 255 Å². The normalized spacial score (nSPS) is 10.9. The number of ether oxygens (including phenoxy) is 4. The summed E-state index contributed by atoms with van der Waals surface area (Å²) in [5.74, 6) is -1.66. The maximum Gasteiger partial charge on any atom is 0.261 e. The number of carbonyl (C=O) groups is 1. The third-order valence-corrected chi connectivity index (χ3v) is 6.99. The lowest BCUT2D eigenvalue weighted by Gasteiger charge is -2.17. The number of hydrogen-bond acceptors (Lipinski definition) is 8. The number of carbonyl (C=O) groups excluding carboxylic acids is 1. The number of alkyl halides is 1. The minimum absolute atomic E-state index is 0.00147. The summed E-state index contributed by atoms with van der Waals surface area (Å²) >= 11 is 0. The van der Waals surface area contributed by atoms with E-state index in [1.54, 1.807) is 6.07 Å². The fourth-order valence-electron chi connectivity index (χ4n) is 4.78. The lowest BCUT2D eigenvalue weighted by atomic mass is 10.0. The number of amides is 1. The Kier molecular flexibility index (Phi) is 8.88. The van der Waals surface area contributed by atoms with Crippen molar-refractivity contribution in [1.82, 2.24) is 14.5 Å². The number of methoxy groups -OCH3 is 3. The molecule has 232 valence electrons. The number of rotatable bonds is 10. The zero-order valence-electron chi connectivity index (χ0n) is 24.6. The molecule has 0 fully saturated rings. The summed E-state index contributed by atoms with van der Waals surface area (Å²) in [5, 5.41) is 2.53. The third-order valence-electron chi connectivity index (χ3n) is 6.99. The molecule has 1 N–H and O–H groups in total. The van der Waals surface area contributed by atoms with Gasteiger partial charge in [-0.1, -0.05) is 0 Å². The lowest BCUT2D eigenvalue weighted by Crippen LogP contribution is -2.27. The summed E-state index contributed by atoms with van der Waals surface area (Å²) in [6, 6.07) is 10.4. The van der Waals surface area contributed by atoms with Gasteiger partial charge >= 0.3 is 0 Å². The van der Waals surface area contributed by atoms with Gasteiger partial charge in [-0.2, -0.15) is 0 Å². The van der Waals surface area contributed by atoms with Crippen LogP contribution >= 0.6 is 0 Å². The zero-order chi connectivity index (χ0) is 32.2. The van der Waals surface area contributed by atoms with Gasteiger partial charge in [0.15, 0.2) is 23.1 Å². The van der Waals surface area contributed by atoms with Crippen LogP contribution in [-0.2, 0) is 6.54 Å². The van der Waals surface area contributed by atoms with Gasteiger partial charge < -0.3 is 28.8 Å². The zero-order valence-corrected chi connectivity index (χ0v) is 24.6. The number of benzene rings is 2. The van der Waals surface area contributed by atoms with Crippen LogP contribution in [0.25, 0.3) is 22.2 Å². The van der Waals surface area contributed by atoms with E-state index in [2.05, 4.69) is 15.3 Å². The summed E-state index contributed by atoms with van der Waals surface area (Å²) in [6.45, 7) is 0.563. The van der Waals surface area contributed by atoms with E-state index in [1.807, 2.05) is 0 Å². The first-order valence-corrected chi connectivity index (χ1v) is 13.5. The van der Waals surface area contributed by atoms with Crippen molar-refractivity contribution in [3.05, 3.63) is 94.0 Å². The summed E-state index contributed by atoms with van der Waals surface area (Å²) in [7, 11) is 4.19. The molecular weight excluding hydrogens is 593 g/mol. The molecule has 0 aliphatic carbocycles. The maximum absolute atomic E-state index is 15.3.